The van der Waals surface area contributed by atoms with Crippen LogP contribution in [-0.2, 0) is 9.47 Å². The number of esters is 1. The predicted octanol–water partition coefficient (Wildman–Crippen LogP) is 1.67. The number of methoxy groups -OCH3 is 1. The molecule has 1 aromatic rings. The minimum atomic E-state index is -0.355. The van der Waals surface area contributed by atoms with Crippen LogP contribution in [0.1, 0.15) is 23.2 Å². The third-order valence-electron chi connectivity index (χ3n) is 3.36. The van der Waals surface area contributed by atoms with Gasteiger partial charge in [0.05, 0.1) is 30.2 Å². The Balaban J connectivity index is 2.14. The molecule has 1 aromatic carbocycles. The molecule has 0 aromatic heterocycles. The summed E-state index contributed by atoms with van der Waals surface area (Å²) in [4.78, 5) is 13.6. The molecule has 1 aliphatic rings. The summed E-state index contributed by atoms with van der Waals surface area (Å²) >= 11 is 0. The zero-order valence-electron chi connectivity index (χ0n) is 11.4. The Morgan fingerprint density at radius 3 is 3.00 bits per heavy atom. The number of benzene rings is 1. The van der Waals surface area contributed by atoms with Crippen LogP contribution in [0.5, 0.6) is 0 Å². The van der Waals surface area contributed by atoms with Crippen molar-refractivity contribution in [1.82, 2.24) is 0 Å². The van der Waals surface area contributed by atoms with E-state index in [9.17, 15) is 4.79 Å². The van der Waals surface area contributed by atoms with Crippen LogP contribution in [0.25, 0.3) is 0 Å². The number of nitrogen functional groups attached to an aromatic ring is 1. The fraction of sp³-hybridized carbons (Fsp3) is 0.500. The average Bonchev–Trinajstić information content (AvgIpc) is 2.91. The monoisotopic (exact) mass is 264 g/mol. The highest BCUT2D eigenvalue weighted by molar-refractivity contribution is 5.92. The van der Waals surface area contributed by atoms with Gasteiger partial charge < -0.3 is 20.1 Å². The molecule has 0 spiro atoms. The minimum absolute atomic E-state index is 0.242. The number of carbonyl (C=O) groups excluding carboxylic acids is 1. The first kappa shape index (κ1) is 13.7. The molecule has 1 heterocycles. The van der Waals surface area contributed by atoms with Crippen molar-refractivity contribution >= 4 is 17.3 Å². The van der Waals surface area contributed by atoms with Crippen LogP contribution in [0.3, 0.4) is 0 Å². The van der Waals surface area contributed by atoms with Crippen molar-refractivity contribution in [2.45, 2.75) is 18.9 Å². The van der Waals surface area contributed by atoms with E-state index in [1.165, 1.54) is 7.11 Å². The van der Waals surface area contributed by atoms with Crippen LogP contribution in [0.2, 0.25) is 0 Å². The fourth-order valence-electron chi connectivity index (χ4n) is 2.31. The molecule has 5 heteroatoms. The van der Waals surface area contributed by atoms with Gasteiger partial charge >= 0.3 is 5.97 Å². The lowest BCUT2D eigenvalue weighted by Crippen LogP contribution is -2.29. The van der Waals surface area contributed by atoms with Crippen molar-refractivity contribution in [2.75, 3.05) is 37.9 Å². The van der Waals surface area contributed by atoms with Crippen molar-refractivity contribution in [1.29, 1.82) is 0 Å². The SMILES string of the molecule is COC(=O)c1ccc(N)c(N(C)CC2CCCO2)c1. The van der Waals surface area contributed by atoms with E-state index < -0.39 is 0 Å². The van der Waals surface area contributed by atoms with E-state index in [0.29, 0.717) is 11.3 Å². The Hall–Kier alpha value is -1.75. The molecule has 2 N–H and O–H groups in total. The molecule has 19 heavy (non-hydrogen) atoms. The van der Waals surface area contributed by atoms with E-state index >= 15 is 0 Å². The molecular weight excluding hydrogens is 244 g/mol. The third-order valence-corrected chi connectivity index (χ3v) is 3.36. The molecule has 0 radical (unpaired) electrons. The first-order valence-corrected chi connectivity index (χ1v) is 6.42. The lowest BCUT2D eigenvalue weighted by molar-refractivity contribution is 0.0601. The summed E-state index contributed by atoms with van der Waals surface area (Å²) in [5, 5.41) is 0. The van der Waals surface area contributed by atoms with Crippen LogP contribution in [0.4, 0.5) is 11.4 Å². The van der Waals surface area contributed by atoms with Crippen molar-refractivity contribution < 1.29 is 14.3 Å². The van der Waals surface area contributed by atoms with Gasteiger partial charge in [-0.05, 0) is 31.0 Å². The fourth-order valence-corrected chi connectivity index (χ4v) is 2.31. The number of carbonyl (C=O) groups is 1. The Morgan fingerprint density at radius 1 is 1.58 bits per heavy atom. The lowest BCUT2D eigenvalue weighted by atomic mass is 10.1. The van der Waals surface area contributed by atoms with Crippen molar-refractivity contribution in [3.63, 3.8) is 0 Å². The van der Waals surface area contributed by atoms with Crippen LogP contribution in [0, 0.1) is 0 Å². The van der Waals surface area contributed by atoms with E-state index in [2.05, 4.69) is 0 Å². The Kier molecular flexibility index (Phi) is 4.27. The summed E-state index contributed by atoms with van der Waals surface area (Å²) in [5.74, 6) is -0.355. The van der Waals surface area contributed by atoms with Crippen LogP contribution >= 0.6 is 0 Å². The van der Waals surface area contributed by atoms with Gasteiger partial charge in [0.1, 0.15) is 0 Å². The zero-order chi connectivity index (χ0) is 13.8. The molecule has 104 valence electrons. The molecule has 0 saturated carbocycles. The molecule has 5 nitrogen and oxygen atoms in total. The summed E-state index contributed by atoms with van der Waals surface area (Å²) in [6, 6.07) is 5.16. The quantitative estimate of drug-likeness (QED) is 0.662. The second-order valence-corrected chi connectivity index (χ2v) is 4.78. The largest absolute Gasteiger partial charge is 0.465 e. The molecule has 2 rings (SSSR count). The van der Waals surface area contributed by atoms with Gasteiger partial charge in [-0.1, -0.05) is 0 Å². The van der Waals surface area contributed by atoms with E-state index in [1.807, 2.05) is 11.9 Å². The van der Waals surface area contributed by atoms with Gasteiger partial charge in [0.15, 0.2) is 0 Å². The molecule has 1 unspecified atom stereocenters. The molecule has 0 amide bonds. The van der Waals surface area contributed by atoms with Crippen LogP contribution in [-0.4, -0.2) is 39.4 Å². The molecule has 1 saturated heterocycles. The minimum Gasteiger partial charge on any atom is -0.465 e. The summed E-state index contributed by atoms with van der Waals surface area (Å²) in [7, 11) is 3.32. The number of hydrogen-bond donors (Lipinski definition) is 1. The summed E-state index contributed by atoms with van der Waals surface area (Å²) in [6.07, 6.45) is 2.42. The maximum atomic E-state index is 11.5. The van der Waals surface area contributed by atoms with Gasteiger partial charge in [-0.25, -0.2) is 4.79 Å². The Labute approximate surface area is 113 Å². The molecular formula is C14H20N2O3. The van der Waals surface area contributed by atoms with Crippen molar-refractivity contribution in [3.05, 3.63) is 23.8 Å². The van der Waals surface area contributed by atoms with Gasteiger partial charge in [0.2, 0.25) is 0 Å². The van der Waals surface area contributed by atoms with E-state index in [0.717, 1.165) is 31.7 Å². The first-order valence-electron chi connectivity index (χ1n) is 6.42. The molecule has 1 fully saturated rings. The predicted molar refractivity (Wildman–Crippen MR) is 74.4 cm³/mol. The Morgan fingerprint density at radius 2 is 2.37 bits per heavy atom. The number of nitrogens with zero attached hydrogens (tertiary/aromatic N) is 1. The number of ether oxygens (including phenoxy) is 2. The van der Waals surface area contributed by atoms with Gasteiger partial charge in [0.25, 0.3) is 0 Å². The average molecular weight is 264 g/mol. The zero-order valence-corrected chi connectivity index (χ0v) is 11.4. The van der Waals surface area contributed by atoms with E-state index in [4.69, 9.17) is 15.2 Å². The maximum absolute atomic E-state index is 11.5. The van der Waals surface area contributed by atoms with E-state index in [-0.39, 0.29) is 12.1 Å². The smallest absolute Gasteiger partial charge is 0.337 e. The highest BCUT2D eigenvalue weighted by atomic mass is 16.5. The summed E-state index contributed by atoms with van der Waals surface area (Å²) < 4.78 is 10.3. The molecule has 1 aliphatic heterocycles. The molecule has 0 aliphatic carbocycles. The topological polar surface area (TPSA) is 64.8 Å². The van der Waals surface area contributed by atoms with Gasteiger partial charge in [0, 0.05) is 20.2 Å². The Bertz CT molecular complexity index is 456. The maximum Gasteiger partial charge on any atom is 0.337 e. The van der Waals surface area contributed by atoms with Crippen molar-refractivity contribution in [2.24, 2.45) is 0 Å². The highest BCUT2D eigenvalue weighted by Gasteiger charge is 2.19. The molecule has 0 bridgehead atoms. The van der Waals surface area contributed by atoms with E-state index in [1.54, 1.807) is 18.2 Å². The van der Waals surface area contributed by atoms with Gasteiger partial charge in [-0.3, -0.25) is 0 Å². The third kappa shape index (κ3) is 3.17. The highest BCUT2D eigenvalue weighted by Crippen LogP contribution is 2.25. The summed E-state index contributed by atoms with van der Waals surface area (Å²) in [5.41, 5.74) is 7.96. The standard InChI is InChI=1S/C14H20N2O3/c1-16(9-11-4-3-7-19-11)13-8-10(14(17)18-2)5-6-12(13)15/h5-6,8,11H,3-4,7,9,15H2,1-2H3. The number of rotatable bonds is 4. The second-order valence-electron chi connectivity index (χ2n) is 4.78. The second kappa shape index (κ2) is 5.93. The number of hydrogen-bond acceptors (Lipinski definition) is 5. The number of likely N-dealkylation sites (N-methyl/N-ethyl adjacent to an activating group) is 1. The van der Waals surface area contributed by atoms with Crippen molar-refractivity contribution in [3.8, 4) is 0 Å². The molecule has 1 atom stereocenters. The number of anilines is 2. The normalized spacial score (nSPS) is 18.3. The van der Waals surface area contributed by atoms with Gasteiger partial charge in [-0.15, -0.1) is 0 Å². The summed E-state index contributed by atoms with van der Waals surface area (Å²) in [6.45, 7) is 1.60. The van der Waals surface area contributed by atoms with Crippen LogP contribution in [0.15, 0.2) is 18.2 Å². The van der Waals surface area contributed by atoms with Gasteiger partial charge in [-0.2, -0.15) is 0 Å². The lowest BCUT2D eigenvalue weighted by Gasteiger charge is -2.24. The van der Waals surface area contributed by atoms with Crippen LogP contribution < -0.4 is 10.6 Å². The first-order chi connectivity index (χ1) is 9.11. The number of nitrogens with two attached hydrogens (primary N) is 1.